The second-order valence-corrected chi connectivity index (χ2v) is 4.16. The molecule has 1 heterocycles. The summed E-state index contributed by atoms with van der Waals surface area (Å²) in [6, 6.07) is 7.87. The maximum atomic E-state index is 11.1. The van der Waals surface area contributed by atoms with Crippen LogP contribution in [-0.2, 0) is 7.05 Å². The van der Waals surface area contributed by atoms with Crippen molar-refractivity contribution in [3.8, 4) is 11.1 Å². The van der Waals surface area contributed by atoms with E-state index in [1.807, 2.05) is 24.3 Å². The molecular weight excluding hydrogens is 256 g/mol. The fraction of sp³-hybridized carbons (Fsp3) is 0.0909. The summed E-state index contributed by atoms with van der Waals surface area (Å²) in [5.41, 5.74) is 1.74. The quantitative estimate of drug-likeness (QED) is 0.792. The average molecular weight is 265 g/mol. The molecule has 0 amide bonds. The molecule has 0 unspecified atom stereocenters. The molecule has 3 nitrogen and oxygen atoms in total. The maximum absolute atomic E-state index is 11.1. The fourth-order valence-electron chi connectivity index (χ4n) is 1.30. The molecule has 0 spiro atoms. The zero-order chi connectivity index (χ0) is 10.8. The van der Waals surface area contributed by atoms with Gasteiger partial charge in [-0.2, -0.15) is 0 Å². The van der Waals surface area contributed by atoms with E-state index in [0.717, 1.165) is 15.6 Å². The lowest BCUT2D eigenvalue weighted by atomic mass is 10.1. The average Bonchev–Trinajstić information content (AvgIpc) is 2.23. The summed E-state index contributed by atoms with van der Waals surface area (Å²) in [4.78, 5) is 14.9. The molecule has 0 fully saturated rings. The third-order valence-corrected chi connectivity index (χ3v) is 2.65. The molecule has 2 rings (SSSR count). The van der Waals surface area contributed by atoms with Crippen LogP contribution in [0.25, 0.3) is 11.1 Å². The van der Waals surface area contributed by atoms with Gasteiger partial charge >= 0.3 is 5.69 Å². The largest absolute Gasteiger partial charge is 0.347 e. The van der Waals surface area contributed by atoms with Crippen molar-refractivity contribution in [2.75, 3.05) is 0 Å². The van der Waals surface area contributed by atoms with E-state index in [-0.39, 0.29) is 5.69 Å². The first-order valence-electron chi connectivity index (χ1n) is 4.45. The Morgan fingerprint density at radius 3 is 2.47 bits per heavy atom. The maximum Gasteiger partial charge on any atom is 0.347 e. The van der Waals surface area contributed by atoms with Crippen molar-refractivity contribution in [2.24, 2.45) is 7.05 Å². The van der Waals surface area contributed by atoms with Crippen molar-refractivity contribution in [3.63, 3.8) is 0 Å². The van der Waals surface area contributed by atoms with Gasteiger partial charge in [0, 0.05) is 29.5 Å². The number of aryl methyl sites for hydroxylation is 1. The van der Waals surface area contributed by atoms with Gasteiger partial charge in [0.25, 0.3) is 0 Å². The van der Waals surface area contributed by atoms with Gasteiger partial charge in [0.15, 0.2) is 0 Å². The van der Waals surface area contributed by atoms with Crippen molar-refractivity contribution in [1.29, 1.82) is 0 Å². The summed E-state index contributed by atoms with van der Waals surface area (Å²) < 4.78 is 2.50. The highest BCUT2D eigenvalue weighted by atomic mass is 79.9. The number of rotatable bonds is 1. The summed E-state index contributed by atoms with van der Waals surface area (Å²) in [6.07, 6.45) is 3.37. The Hall–Kier alpha value is -1.42. The van der Waals surface area contributed by atoms with E-state index in [1.54, 1.807) is 19.4 Å². The van der Waals surface area contributed by atoms with E-state index in [9.17, 15) is 4.79 Å². The van der Waals surface area contributed by atoms with Crippen LogP contribution >= 0.6 is 15.9 Å². The van der Waals surface area contributed by atoms with E-state index < -0.39 is 0 Å². The van der Waals surface area contributed by atoms with Gasteiger partial charge in [0.2, 0.25) is 0 Å². The first kappa shape index (κ1) is 10.1. The molecule has 0 saturated carbocycles. The van der Waals surface area contributed by atoms with Crippen molar-refractivity contribution in [1.82, 2.24) is 9.55 Å². The third-order valence-electron chi connectivity index (χ3n) is 2.13. The van der Waals surface area contributed by atoms with Crippen LogP contribution in [0.4, 0.5) is 0 Å². The summed E-state index contributed by atoms with van der Waals surface area (Å²) in [5, 5.41) is 0. The van der Waals surface area contributed by atoms with Gasteiger partial charge in [-0.05, 0) is 17.7 Å². The molecular formula is C11H9BrN2O. The summed E-state index contributed by atoms with van der Waals surface area (Å²) >= 11 is 3.37. The summed E-state index contributed by atoms with van der Waals surface area (Å²) in [5.74, 6) is 0. The van der Waals surface area contributed by atoms with Crippen LogP contribution in [-0.4, -0.2) is 9.55 Å². The zero-order valence-corrected chi connectivity index (χ0v) is 9.73. The zero-order valence-electron chi connectivity index (χ0n) is 8.14. The number of halogens is 1. The second kappa shape index (κ2) is 3.98. The SMILES string of the molecule is Cn1cc(-c2ccc(Br)cc2)cnc1=O. The predicted octanol–water partition coefficient (Wildman–Crippen LogP) is 2.21. The van der Waals surface area contributed by atoms with Crippen molar-refractivity contribution in [3.05, 3.63) is 51.6 Å². The van der Waals surface area contributed by atoms with Crippen molar-refractivity contribution < 1.29 is 0 Å². The molecule has 0 aliphatic rings. The Bertz CT molecular complexity index is 531. The minimum Gasteiger partial charge on any atom is -0.302 e. The van der Waals surface area contributed by atoms with Crippen LogP contribution in [0.5, 0.6) is 0 Å². The monoisotopic (exact) mass is 264 g/mol. The molecule has 0 N–H and O–H groups in total. The molecule has 1 aromatic heterocycles. The number of aromatic nitrogens is 2. The number of hydrogen-bond donors (Lipinski definition) is 0. The molecule has 0 saturated heterocycles. The minimum atomic E-state index is -0.240. The normalized spacial score (nSPS) is 10.3. The van der Waals surface area contributed by atoms with Gasteiger partial charge in [-0.1, -0.05) is 28.1 Å². The van der Waals surface area contributed by atoms with Gasteiger partial charge in [-0.3, -0.25) is 0 Å². The van der Waals surface area contributed by atoms with Crippen LogP contribution in [0.2, 0.25) is 0 Å². The van der Waals surface area contributed by atoms with Gasteiger partial charge < -0.3 is 4.57 Å². The topological polar surface area (TPSA) is 34.9 Å². The van der Waals surface area contributed by atoms with E-state index >= 15 is 0 Å². The molecule has 15 heavy (non-hydrogen) atoms. The smallest absolute Gasteiger partial charge is 0.302 e. The first-order chi connectivity index (χ1) is 7.16. The minimum absolute atomic E-state index is 0.240. The molecule has 2 aromatic rings. The number of nitrogens with zero attached hydrogens (tertiary/aromatic N) is 2. The lowest BCUT2D eigenvalue weighted by Crippen LogP contribution is -2.18. The van der Waals surface area contributed by atoms with Crippen LogP contribution in [0, 0.1) is 0 Å². The Balaban J connectivity index is 2.50. The summed E-state index contributed by atoms with van der Waals surface area (Å²) in [6.45, 7) is 0. The highest BCUT2D eigenvalue weighted by Crippen LogP contribution is 2.19. The molecule has 0 bridgehead atoms. The van der Waals surface area contributed by atoms with Crippen LogP contribution in [0.3, 0.4) is 0 Å². The number of hydrogen-bond acceptors (Lipinski definition) is 2. The predicted molar refractivity (Wildman–Crippen MR) is 62.6 cm³/mol. The molecule has 0 aliphatic heterocycles. The Morgan fingerprint density at radius 2 is 1.87 bits per heavy atom. The van der Waals surface area contributed by atoms with Crippen LogP contribution in [0.15, 0.2) is 45.9 Å². The third kappa shape index (κ3) is 2.15. The molecule has 4 heteroatoms. The van der Waals surface area contributed by atoms with Gasteiger partial charge in [-0.15, -0.1) is 0 Å². The summed E-state index contributed by atoms with van der Waals surface area (Å²) in [7, 11) is 1.69. The Kier molecular flexibility index (Phi) is 2.68. The first-order valence-corrected chi connectivity index (χ1v) is 5.25. The fourth-order valence-corrected chi connectivity index (χ4v) is 1.57. The van der Waals surface area contributed by atoms with E-state index in [4.69, 9.17) is 0 Å². The second-order valence-electron chi connectivity index (χ2n) is 3.24. The van der Waals surface area contributed by atoms with Crippen LogP contribution in [0.1, 0.15) is 0 Å². The highest BCUT2D eigenvalue weighted by molar-refractivity contribution is 9.10. The molecule has 76 valence electrons. The lowest BCUT2D eigenvalue weighted by molar-refractivity contribution is 0.812. The highest BCUT2D eigenvalue weighted by Gasteiger charge is 1.99. The van der Waals surface area contributed by atoms with Crippen molar-refractivity contribution in [2.45, 2.75) is 0 Å². The Labute approximate surface area is 95.5 Å². The van der Waals surface area contributed by atoms with Crippen molar-refractivity contribution >= 4 is 15.9 Å². The van der Waals surface area contributed by atoms with Gasteiger partial charge in [0.05, 0.1) is 0 Å². The molecule has 1 aromatic carbocycles. The standard InChI is InChI=1S/C11H9BrN2O/c1-14-7-9(6-13-11(14)15)8-2-4-10(12)5-3-8/h2-7H,1H3. The Morgan fingerprint density at radius 1 is 1.20 bits per heavy atom. The lowest BCUT2D eigenvalue weighted by Gasteiger charge is -2.02. The van der Waals surface area contributed by atoms with Crippen LogP contribution < -0.4 is 5.69 Å². The number of benzene rings is 1. The van der Waals surface area contributed by atoms with E-state index in [1.165, 1.54) is 4.57 Å². The molecule has 0 atom stereocenters. The van der Waals surface area contributed by atoms with E-state index in [2.05, 4.69) is 20.9 Å². The van der Waals surface area contributed by atoms with Gasteiger partial charge in [0.1, 0.15) is 0 Å². The molecule has 0 radical (unpaired) electrons. The van der Waals surface area contributed by atoms with E-state index in [0.29, 0.717) is 0 Å². The molecule has 0 aliphatic carbocycles. The van der Waals surface area contributed by atoms with Gasteiger partial charge in [-0.25, -0.2) is 9.78 Å².